The van der Waals surface area contributed by atoms with Gasteiger partial charge in [-0.2, -0.15) is 0 Å². The quantitative estimate of drug-likeness (QED) is 0.804. The average Bonchev–Trinajstić information content (AvgIpc) is 2.57. The third-order valence-corrected chi connectivity index (χ3v) is 4.10. The number of rotatable bonds is 3. The van der Waals surface area contributed by atoms with E-state index in [1.54, 1.807) is 37.5 Å². The van der Waals surface area contributed by atoms with E-state index in [0.717, 1.165) is 5.56 Å². The number of nitrogens with zero attached hydrogens (tertiary/aromatic N) is 1. The van der Waals surface area contributed by atoms with Crippen molar-refractivity contribution in [1.82, 2.24) is 9.88 Å². The van der Waals surface area contributed by atoms with Crippen molar-refractivity contribution in [3.05, 3.63) is 81.2 Å². The second-order valence-corrected chi connectivity index (χ2v) is 5.69. The summed E-state index contributed by atoms with van der Waals surface area (Å²) < 4.78 is 1.42. The largest absolute Gasteiger partial charge is 0.348 e. The monoisotopic (exact) mass is 326 g/mol. The molecule has 0 spiro atoms. The van der Waals surface area contributed by atoms with Crippen molar-refractivity contribution in [2.45, 2.75) is 6.54 Å². The minimum atomic E-state index is -0.239. The number of carbonyl (C=O) groups excluding carboxylic acids is 1. The van der Waals surface area contributed by atoms with Crippen molar-refractivity contribution in [1.29, 1.82) is 0 Å². The fourth-order valence-corrected chi connectivity index (χ4v) is 2.71. The number of benzene rings is 2. The van der Waals surface area contributed by atoms with Crippen LogP contribution in [-0.2, 0) is 13.6 Å². The summed E-state index contributed by atoms with van der Waals surface area (Å²) in [4.78, 5) is 24.7. The van der Waals surface area contributed by atoms with Gasteiger partial charge in [-0.25, -0.2) is 0 Å². The van der Waals surface area contributed by atoms with E-state index < -0.39 is 0 Å². The van der Waals surface area contributed by atoms with Gasteiger partial charge in [0.05, 0.1) is 5.56 Å². The normalized spacial score (nSPS) is 10.7. The predicted octanol–water partition coefficient (Wildman–Crippen LogP) is 3.12. The van der Waals surface area contributed by atoms with Crippen LogP contribution in [0.15, 0.2) is 59.5 Å². The number of carbonyl (C=O) groups is 1. The zero-order chi connectivity index (χ0) is 16.4. The van der Waals surface area contributed by atoms with Gasteiger partial charge in [0.25, 0.3) is 11.5 Å². The van der Waals surface area contributed by atoms with E-state index >= 15 is 0 Å². The highest BCUT2D eigenvalue weighted by molar-refractivity contribution is 6.31. The number of halogens is 1. The summed E-state index contributed by atoms with van der Waals surface area (Å²) in [6, 6.07) is 14.5. The SMILES string of the molecule is Cn1cc(C(=O)NCc2ccccc2Cl)c2ccccc2c1=O. The molecule has 0 fully saturated rings. The number of hydrogen-bond acceptors (Lipinski definition) is 2. The maximum absolute atomic E-state index is 12.5. The van der Waals surface area contributed by atoms with E-state index in [-0.39, 0.29) is 11.5 Å². The molecule has 1 amide bonds. The summed E-state index contributed by atoms with van der Waals surface area (Å²) in [5, 5.41) is 4.64. The maximum atomic E-state index is 12.5. The average molecular weight is 327 g/mol. The standard InChI is InChI=1S/C18H15ClN2O2/c1-21-11-15(13-7-3-4-8-14(13)18(21)23)17(22)20-10-12-6-2-5-9-16(12)19/h2-9,11H,10H2,1H3,(H,20,22). The number of amides is 1. The molecule has 0 radical (unpaired) electrons. The minimum absolute atomic E-state index is 0.122. The lowest BCUT2D eigenvalue weighted by atomic mass is 10.1. The summed E-state index contributed by atoms with van der Waals surface area (Å²) in [5.74, 6) is -0.239. The van der Waals surface area contributed by atoms with Gasteiger partial charge in [-0.15, -0.1) is 0 Å². The molecule has 1 aromatic heterocycles. The number of nitrogens with one attached hydrogen (secondary N) is 1. The van der Waals surface area contributed by atoms with Crippen LogP contribution in [0.2, 0.25) is 5.02 Å². The molecule has 3 rings (SSSR count). The Morgan fingerprint density at radius 3 is 2.48 bits per heavy atom. The third-order valence-electron chi connectivity index (χ3n) is 3.73. The second-order valence-electron chi connectivity index (χ2n) is 5.28. The first-order chi connectivity index (χ1) is 11.1. The first-order valence-corrected chi connectivity index (χ1v) is 7.55. The Balaban J connectivity index is 1.94. The summed E-state index contributed by atoms with van der Waals surface area (Å²) >= 11 is 6.10. The lowest BCUT2D eigenvalue weighted by Crippen LogP contribution is -2.26. The van der Waals surface area contributed by atoms with Gasteiger partial charge in [0, 0.05) is 35.6 Å². The van der Waals surface area contributed by atoms with E-state index in [4.69, 9.17) is 11.6 Å². The van der Waals surface area contributed by atoms with Crippen molar-refractivity contribution >= 4 is 28.3 Å². The minimum Gasteiger partial charge on any atom is -0.348 e. The van der Waals surface area contributed by atoms with Crippen LogP contribution in [0.25, 0.3) is 10.8 Å². The summed E-state index contributed by atoms with van der Waals surface area (Å²) in [5.41, 5.74) is 1.19. The zero-order valence-corrected chi connectivity index (χ0v) is 13.3. The molecule has 4 nitrogen and oxygen atoms in total. The molecule has 3 aromatic rings. The van der Waals surface area contributed by atoms with Gasteiger partial charge in [-0.1, -0.05) is 48.0 Å². The number of fused-ring (bicyclic) bond motifs is 1. The Hall–Kier alpha value is -2.59. The molecule has 0 saturated heterocycles. The van der Waals surface area contributed by atoms with E-state index in [1.807, 2.05) is 24.3 Å². The van der Waals surface area contributed by atoms with Gasteiger partial charge in [-0.05, 0) is 17.7 Å². The molecule has 0 atom stereocenters. The van der Waals surface area contributed by atoms with Crippen LogP contribution in [0.3, 0.4) is 0 Å². The maximum Gasteiger partial charge on any atom is 0.258 e. The highest BCUT2D eigenvalue weighted by atomic mass is 35.5. The lowest BCUT2D eigenvalue weighted by Gasteiger charge is -2.10. The molecule has 0 saturated carbocycles. The number of aryl methyl sites for hydroxylation is 1. The Morgan fingerprint density at radius 1 is 1.09 bits per heavy atom. The van der Waals surface area contributed by atoms with Crippen LogP contribution < -0.4 is 10.9 Å². The van der Waals surface area contributed by atoms with E-state index in [2.05, 4.69) is 5.32 Å². The molecule has 116 valence electrons. The smallest absolute Gasteiger partial charge is 0.258 e. The van der Waals surface area contributed by atoms with Crippen molar-refractivity contribution in [2.24, 2.45) is 7.05 Å². The Bertz CT molecular complexity index is 947. The van der Waals surface area contributed by atoms with Crippen LogP contribution in [0, 0.1) is 0 Å². The van der Waals surface area contributed by atoms with Crippen molar-refractivity contribution in [3.63, 3.8) is 0 Å². The summed E-state index contributed by atoms with van der Waals surface area (Å²) in [7, 11) is 1.64. The van der Waals surface area contributed by atoms with Crippen LogP contribution in [0.1, 0.15) is 15.9 Å². The fourth-order valence-electron chi connectivity index (χ4n) is 2.51. The topological polar surface area (TPSA) is 51.1 Å². The van der Waals surface area contributed by atoms with Crippen LogP contribution in [-0.4, -0.2) is 10.5 Å². The molecule has 2 aromatic carbocycles. The Kier molecular flexibility index (Phi) is 4.17. The molecule has 23 heavy (non-hydrogen) atoms. The molecule has 0 bridgehead atoms. The van der Waals surface area contributed by atoms with Crippen LogP contribution in [0.5, 0.6) is 0 Å². The first kappa shape index (κ1) is 15.3. The highest BCUT2D eigenvalue weighted by Gasteiger charge is 2.13. The summed E-state index contributed by atoms with van der Waals surface area (Å²) in [6.07, 6.45) is 1.56. The van der Waals surface area contributed by atoms with Gasteiger partial charge in [0.15, 0.2) is 0 Å². The number of pyridine rings is 1. The Morgan fingerprint density at radius 2 is 1.74 bits per heavy atom. The number of aromatic nitrogens is 1. The van der Waals surface area contributed by atoms with Gasteiger partial charge < -0.3 is 9.88 Å². The molecule has 0 aliphatic carbocycles. The zero-order valence-electron chi connectivity index (χ0n) is 12.5. The molecule has 0 aliphatic rings. The molecule has 5 heteroatoms. The van der Waals surface area contributed by atoms with E-state index in [0.29, 0.717) is 27.9 Å². The predicted molar refractivity (Wildman–Crippen MR) is 91.8 cm³/mol. The molecular weight excluding hydrogens is 312 g/mol. The van der Waals surface area contributed by atoms with Crippen molar-refractivity contribution < 1.29 is 4.79 Å². The Labute approximate surface area is 138 Å². The van der Waals surface area contributed by atoms with Crippen LogP contribution >= 0.6 is 11.6 Å². The van der Waals surface area contributed by atoms with Crippen LogP contribution in [0.4, 0.5) is 0 Å². The van der Waals surface area contributed by atoms with Gasteiger partial charge in [0.1, 0.15) is 0 Å². The molecular formula is C18H15ClN2O2. The van der Waals surface area contributed by atoms with Gasteiger partial charge in [0.2, 0.25) is 0 Å². The lowest BCUT2D eigenvalue weighted by molar-refractivity contribution is 0.0952. The third kappa shape index (κ3) is 2.98. The highest BCUT2D eigenvalue weighted by Crippen LogP contribution is 2.17. The van der Waals surface area contributed by atoms with Gasteiger partial charge >= 0.3 is 0 Å². The van der Waals surface area contributed by atoms with E-state index in [9.17, 15) is 9.59 Å². The fraction of sp³-hybridized carbons (Fsp3) is 0.111. The number of hydrogen-bond donors (Lipinski definition) is 1. The molecule has 0 aliphatic heterocycles. The molecule has 1 heterocycles. The van der Waals surface area contributed by atoms with Gasteiger partial charge in [-0.3, -0.25) is 9.59 Å². The molecule has 1 N–H and O–H groups in total. The van der Waals surface area contributed by atoms with E-state index in [1.165, 1.54) is 4.57 Å². The summed E-state index contributed by atoms with van der Waals surface area (Å²) in [6.45, 7) is 0.329. The van der Waals surface area contributed by atoms with Crippen molar-refractivity contribution in [2.75, 3.05) is 0 Å². The first-order valence-electron chi connectivity index (χ1n) is 7.18. The molecule has 0 unspecified atom stereocenters. The van der Waals surface area contributed by atoms with Crippen molar-refractivity contribution in [3.8, 4) is 0 Å². The second kappa shape index (κ2) is 6.26.